The Morgan fingerprint density at radius 2 is 1.79 bits per heavy atom. The minimum absolute atomic E-state index is 0.0820. The van der Waals surface area contributed by atoms with E-state index in [2.05, 4.69) is 47.1 Å². The molecule has 0 bridgehead atoms. The van der Waals surface area contributed by atoms with Crippen LogP contribution in [0.2, 0.25) is 0 Å². The molecule has 1 aromatic heterocycles. The molecule has 0 spiro atoms. The van der Waals surface area contributed by atoms with Crippen LogP contribution in [0.5, 0.6) is 0 Å². The van der Waals surface area contributed by atoms with Crippen LogP contribution in [-0.2, 0) is 13.1 Å². The smallest absolute Gasteiger partial charge is 0.0518 e. The number of rotatable bonds is 3. The van der Waals surface area contributed by atoms with Gasteiger partial charge in [-0.15, -0.1) is 0 Å². The molecule has 2 atom stereocenters. The summed E-state index contributed by atoms with van der Waals surface area (Å²) in [7, 11) is 0. The fourth-order valence-corrected chi connectivity index (χ4v) is 2.95. The molecule has 0 amide bonds. The molecule has 98 valence electrons. The summed E-state index contributed by atoms with van der Waals surface area (Å²) in [6.45, 7) is 4.01. The van der Waals surface area contributed by atoms with Gasteiger partial charge in [0.2, 0.25) is 0 Å². The van der Waals surface area contributed by atoms with Gasteiger partial charge in [-0.25, -0.2) is 0 Å². The molecule has 1 aromatic carbocycles. The second kappa shape index (κ2) is 5.11. The van der Waals surface area contributed by atoms with Crippen LogP contribution in [0.3, 0.4) is 0 Å². The van der Waals surface area contributed by atoms with Crippen molar-refractivity contribution < 1.29 is 0 Å². The molecular weight excluding hydrogens is 234 g/mol. The first-order valence-electron chi connectivity index (χ1n) is 6.72. The molecule has 19 heavy (non-hydrogen) atoms. The van der Waals surface area contributed by atoms with E-state index in [0.29, 0.717) is 0 Å². The Morgan fingerprint density at radius 3 is 2.32 bits per heavy atom. The maximum atomic E-state index is 6.21. The van der Waals surface area contributed by atoms with Crippen LogP contribution >= 0.6 is 0 Å². The van der Waals surface area contributed by atoms with Gasteiger partial charge in [0, 0.05) is 31.5 Å². The number of aromatic nitrogens is 1. The molecule has 1 aliphatic heterocycles. The number of hydrogen-bond donors (Lipinski definition) is 1. The molecule has 1 aliphatic rings. The SMILES string of the molecule is CC(N)C(c1cccnc1)N1Cc2ccccc2C1. The Hall–Kier alpha value is -1.71. The van der Waals surface area contributed by atoms with Crippen LogP contribution in [0.15, 0.2) is 48.8 Å². The average Bonchev–Trinajstić information content (AvgIpc) is 2.82. The third-order valence-corrected chi connectivity index (χ3v) is 3.78. The van der Waals surface area contributed by atoms with E-state index in [4.69, 9.17) is 5.73 Å². The van der Waals surface area contributed by atoms with Gasteiger partial charge < -0.3 is 5.73 Å². The van der Waals surface area contributed by atoms with Crippen molar-refractivity contribution in [3.63, 3.8) is 0 Å². The third kappa shape index (κ3) is 2.39. The maximum Gasteiger partial charge on any atom is 0.0518 e. The normalized spacial score (nSPS) is 18.0. The number of hydrogen-bond acceptors (Lipinski definition) is 3. The first-order chi connectivity index (χ1) is 9.25. The number of benzene rings is 1. The first-order valence-corrected chi connectivity index (χ1v) is 6.72. The summed E-state index contributed by atoms with van der Waals surface area (Å²) in [5.41, 5.74) is 10.2. The van der Waals surface area contributed by atoms with Gasteiger partial charge >= 0.3 is 0 Å². The number of fused-ring (bicyclic) bond motifs is 1. The molecule has 0 fully saturated rings. The minimum Gasteiger partial charge on any atom is -0.326 e. The van der Waals surface area contributed by atoms with Crippen LogP contribution < -0.4 is 5.73 Å². The minimum atomic E-state index is 0.0820. The lowest BCUT2D eigenvalue weighted by atomic mass is 10.0. The monoisotopic (exact) mass is 253 g/mol. The van der Waals surface area contributed by atoms with Crippen molar-refractivity contribution in [2.75, 3.05) is 0 Å². The van der Waals surface area contributed by atoms with Crippen LogP contribution in [0.1, 0.15) is 29.7 Å². The largest absolute Gasteiger partial charge is 0.326 e. The van der Waals surface area contributed by atoms with Gasteiger partial charge in [-0.05, 0) is 29.7 Å². The predicted octanol–water partition coefficient (Wildman–Crippen LogP) is 2.49. The number of nitrogens with two attached hydrogens (primary N) is 1. The van der Waals surface area contributed by atoms with Gasteiger partial charge in [0.1, 0.15) is 0 Å². The van der Waals surface area contributed by atoms with Gasteiger partial charge in [0.15, 0.2) is 0 Å². The predicted molar refractivity (Wildman–Crippen MR) is 76.3 cm³/mol. The van der Waals surface area contributed by atoms with Crippen molar-refractivity contribution in [2.45, 2.75) is 32.1 Å². The van der Waals surface area contributed by atoms with Crippen LogP contribution in [0.4, 0.5) is 0 Å². The Kier molecular flexibility index (Phi) is 3.32. The molecule has 2 N–H and O–H groups in total. The van der Waals surface area contributed by atoms with E-state index in [1.54, 1.807) is 6.20 Å². The molecular formula is C16H19N3. The Balaban J connectivity index is 1.88. The van der Waals surface area contributed by atoms with Crippen molar-refractivity contribution >= 4 is 0 Å². The third-order valence-electron chi connectivity index (χ3n) is 3.78. The molecule has 0 saturated heterocycles. The zero-order chi connectivity index (χ0) is 13.2. The molecule has 3 nitrogen and oxygen atoms in total. The number of nitrogens with zero attached hydrogens (tertiary/aromatic N) is 2. The van der Waals surface area contributed by atoms with Crippen molar-refractivity contribution in [3.05, 3.63) is 65.5 Å². The summed E-state index contributed by atoms with van der Waals surface area (Å²) in [5, 5.41) is 0. The van der Waals surface area contributed by atoms with Crippen LogP contribution in [-0.4, -0.2) is 15.9 Å². The first kappa shape index (κ1) is 12.3. The van der Waals surface area contributed by atoms with Crippen LogP contribution in [0, 0.1) is 0 Å². The highest BCUT2D eigenvalue weighted by Gasteiger charge is 2.29. The van der Waals surface area contributed by atoms with E-state index in [0.717, 1.165) is 13.1 Å². The molecule has 2 aromatic rings. The molecule has 3 rings (SSSR count). The summed E-state index contributed by atoms with van der Waals surface area (Å²) in [4.78, 5) is 6.66. The second-order valence-corrected chi connectivity index (χ2v) is 5.26. The Labute approximate surface area is 114 Å². The highest BCUT2D eigenvalue weighted by Crippen LogP contribution is 2.32. The lowest BCUT2D eigenvalue weighted by Gasteiger charge is -2.30. The quantitative estimate of drug-likeness (QED) is 0.913. The van der Waals surface area contributed by atoms with Crippen molar-refractivity contribution in [3.8, 4) is 0 Å². The summed E-state index contributed by atoms with van der Waals surface area (Å²) in [6, 6.07) is 13.0. The molecule has 2 unspecified atom stereocenters. The van der Waals surface area contributed by atoms with Crippen molar-refractivity contribution in [2.24, 2.45) is 5.73 Å². The molecule has 3 heteroatoms. The van der Waals surface area contributed by atoms with E-state index < -0.39 is 0 Å². The van der Waals surface area contributed by atoms with E-state index >= 15 is 0 Å². The van der Waals surface area contributed by atoms with Gasteiger partial charge in [-0.2, -0.15) is 0 Å². The fourth-order valence-electron chi connectivity index (χ4n) is 2.95. The zero-order valence-corrected chi connectivity index (χ0v) is 11.2. The Morgan fingerprint density at radius 1 is 1.11 bits per heavy atom. The van der Waals surface area contributed by atoms with E-state index in [1.807, 2.05) is 12.3 Å². The van der Waals surface area contributed by atoms with Gasteiger partial charge in [0.25, 0.3) is 0 Å². The fraction of sp³-hybridized carbons (Fsp3) is 0.312. The second-order valence-electron chi connectivity index (χ2n) is 5.26. The van der Waals surface area contributed by atoms with Gasteiger partial charge in [-0.3, -0.25) is 9.88 Å². The van der Waals surface area contributed by atoms with Crippen molar-refractivity contribution in [1.82, 2.24) is 9.88 Å². The van der Waals surface area contributed by atoms with Gasteiger partial charge in [0.05, 0.1) is 6.04 Å². The maximum absolute atomic E-state index is 6.21. The summed E-state index contributed by atoms with van der Waals surface area (Å²) in [6.07, 6.45) is 3.73. The van der Waals surface area contributed by atoms with Crippen molar-refractivity contribution in [1.29, 1.82) is 0 Å². The lowest BCUT2D eigenvalue weighted by Crippen LogP contribution is -2.36. The summed E-state index contributed by atoms with van der Waals surface area (Å²) < 4.78 is 0. The van der Waals surface area contributed by atoms with Gasteiger partial charge in [-0.1, -0.05) is 30.3 Å². The molecule has 0 radical (unpaired) electrons. The standard InChI is InChI=1S/C16H19N3/c1-12(17)16(13-7-4-8-18-9-13)19-10-14-5-2-3-6-15(14)11-19/h2-9,12,16H,10-11,17H2,1H3. The van der Waals surface area contributed by atoms with E-state index in [9.17, 15) is 0 Å². The summed E-state index contributed by atoms with van der Waals surface area (Å²) >= 11 is 0. The molecule has 0 saturated carbocycles. The topological polar surface area (TPSA) is 42.1 Å². The lowest BCUT2D eigenvalue weighted by molar-refractivity contribution is 0.178. The summed E-state index contributed by atoms with van der Waals surface area (Å²) in [5.74, 6) is 0. The van der Waals surface area contributed by atoms with E-state index in [1.165, 1.54) is 16.7 Å². The highest BCUT2D eigenvalue weighted by molar-refractivity contribution is 5.31. The average molecular weight is 253 g/mol. The highest BCUT2D eigenvalue weighted by atomic mass is 15.2. The van der Waals surface area contributed by atoms with Crippen LogP contribution in [0.25, 0.3) is 0 Å². The van der Waals surface area contributed by atoms with E-state index in [-0.39, 0.29) is 12.1 Å². The zero-order valence-electron chi connectivity index (χ0n) is 11.2. The molecule has 2 heterocycles. The number of pyridine rings is 1. The molecule has 0 aliphatic carbocycles. The Bertz CT molecular complexity index is 526.